The summed E-state index contributed by atoms with van der Waals surface area (Å²) in [5.41, 5.74) is 8.25. The molecular formula is C14H23NO. The first-order chi connectivity index (χ1) is 7.46. The molecule has 2 heteroatoms. The lowest BCUT2D eigenvalue weighted by atomic mass is 9.90. The summed E-state index contributed by atoms with van der Waals surface area (Å²) in [4.78, 5) is 0. The van der Waals surface area contributed by atoms with Crippen LogP contribution in [0.4, 0.5) is 0 Å². The average Bonchev–Trinajstić information content (AvgIpc) is 2.22. The summed E-state index contributed by atoms with van der Waals surface area (Å²) in [7, 11) is 0. The Morgan fingerprint density at radius 2 is 1.75 bits per heavy atom. The maximum Gasteiger partial charge on any atom is 0.125 e. The van der Waals surface area contributed by atoms with Gasteiger partial charge in [0.15, 0.2) is 0 Å². The molecule has 1 aromatic rings. The number of para-hydroxylation sites is 1. The second-order valence-electron chi connectivity index (χ2n) is 5.19. The molecule has 0 atom stereocenters. The van der Waals surface area contributed by atoms with Crippen LogP contribution < -0.4 is 10.5 Å². The lowest BCUT2D eigenvalue weighted by Gasteiger charge is -2.22. The monoisotopic (exact) mass is 221 g/mol. The van der Waals surface area contributed by atoms with Crippen molar-refractivity contribution in [2.24, 2.45) is 11.1 Å². The highest BCUT2D eigenvalue weighted by Gasteiger charge is 2.15. The molecule has 90 valence electrons. The van der Waals surface area contributed by atoms with Crippen molar-refractivity contribution in [1.29, 1.82) is 0 Å². The van der Waals surface area contributed by atoms with Crippen molar-refractivity contribution in [2.45, 2.75) is 34.1 Å². The van der Waals surface area contributed by atoms with Crippen molar-refractivity contribution in [3.8, 4) is 5.75 Å². The van der Waals surface area contributed by atoms with Crippen LogP contribution in [0.1, 0.15) is 31.4 Å². The first-order valence-electron chi connectivity index (χ1n) is 5.85. The molecule has 0 aliphatic rings. The summed E-state index contributed by atoms with van der Waals surface area (Å²) in [5.74, 6) is 1.02. The van der Waals surface area contributed by atoms with Gasteiger partial charge in [-0.15, -0.1) is 0 Å². The molecule has 1 aromatic carbocycles. The predicted octanol–water partition coefficient (Wildman–Crippen LogP) is 3.06. The molecule has 0 amide bonds. The Kier molecular flexibility index (Phi) is 4.36. The van der Waals surface area contributed by atoms with Gasteiger partial charge in [-0.2, -0.15) is 0 Å². The van der Waals surface area contributed by atoms with E-state index in [0.717, 1.165) is 18.8 Å². The van der Waals surface area contributed by atoms with Crippen LogP contribution >= 0.6 is 0 Å². The number of hydrogen-bond donors (Lipinski definition) is 1. The van der Waals surface area contributed by atoms with Crippen LogP contribution in [0, 0.1) is 19.3 Å². The predicted molar refractivity (Wildman–Crippen MR) is 68.9 cm³/mol. The Bertz CT molecular complexity index is 324. The van der Waals surface area contributed by atoms with Crippen LogP contribution in [-0.2, 0) is 0 Å². The zero-order valence-electron chi connectivity index (χ0n) is 10.8. The quantitative estimate of drug-likeness (QED) is 0.829. The lowest BCUT2D eigenvalue weighted by molar-refractivity contribution is 0.231. The second-order valence-corrected chi connectivity index (χ2v) is 5.19. The highest BCUT2D eigenvalue weighted by atomic mass is 16.5. The van der Waals surface area contributed by atoms with Crippen molar-refractivity contribution in [2.75, 3.05) is 13.2 Å². The van der Waals surface area contributed by atoms with E-state index in [1.165, 1.54) is 11.1 Å². The SMILES string of the molecule is Cc1cccc(C)c1OCCC(C)(C)CN. The zero-order valence-corrected chi connectivity index (χ0v) is 10.8. The molecule has 0 heterocycles. The minimum absolute atomic E-state index is 0.163. The second kappa shape index (κ2) is 5.35. The topological polar surface area (TPSA) is 35.2 Å². The smallest absolute Gasteiger partial charge is 0.125 e. The molecule has 16 heavy (non-hydrogen) atoms. The van der Waals surface area contributed by atoms with E-state index in [9.17, 15) is 0 Å². The summed E-state index contributed by atoms with van der Waals surface area (Å²) < 4.78 is 5.85. The fraction of sp³-hybridized carbons (Fsp3) is 0.571. The van der Waals surface area contributed by atoms with Crippen molar-refractivity contribution >= 4 is 0 Å². The van der Waals surface area contributed by atoms with Crippen molar-refractivity contribution < 1.29 is 4.74 Å². The number of rotatable bonds is 5. The molecule has 0 saturated heterocycles. The van der Waals surface area contributed by atoms with Crippen LogP contribution in [0.25, 0.3) is 0 Å². The third-order valence-electron chi connectivity index (χ3n) is 2.99. The Labute approximate surface area is 98.8 Å². The van der Waals surface area contributed by atoms with Crippen LogP contribution in [0.5, 0.6) is 5.75 Å². The van der Waals surface area contributed by atoms with E-state index >= 15 is 0 Å². The molecule has 0 fully saturated rings. The van der Waals surface area contributed by atoms with Crippen LogP contribution in [0.2, 0.25) is 0 Å². The first kappa shape index (κ1) is 13.0. The van der Waals surface area contributed by atoms with Gasteiger partial charge in [0.05, 0.1) is 6.61 Å². The summed E-state index contributed by atoms with van der Waals surface area (Å²) in [6.45, 7) is 9.92. The molecule has 2 nitrogen and oxygen atoms in total. The van der Waals surface area contributed by atoms with Gasteiger partial charge < -0.3 is 10.5 Å². The third-order valence-corrected chi connectivity index (χ3v) is 2.99. The van der Waals surface area contributed by atoms with E-state index in [-0.39, 0.29) is 5.41 Å². The minimum atomic E-state index is 0.163. The number of ether oxygens (including phenoxy) is 1. The Morgan fingerprint density at radius 1 is 1.19 bits per heavy atom. The van der Waals surface area contributed by atoms with E-state index in [1.54, 1.807) is 0 Å². The average molecular weight is 221 g/mol. The molecule has 0 spiro atoms. The molecule has 0 bridgehead atoms. The van der Waals surface area contributed by atoms with Gasteiger partial charge in [-0.25, -0.2) is 0 Å². The first-order valence-corrected chi connectivity index (χ1v) is 5.85. The molecule has 2 N–H and O–H groups in total. The summed E-state index contributed by atoms with van der Waals surface area (Å²) in [6.07, 6.45) is 0.983. The highest BCUT2D eigenvalue weighted by molar-refractivity contribution is 5.39. The third kappa shape index (κ3) is 3.53. The normalized spacial score (nSPS) is 11.6. The van der Waals surface area contributed by atoms with E-state index in [0.29, 0.717) is 6.54 Å². The maximum absolute atomic E-state index is 5.85. The fourth-order valence-corrected chi connectivity index (χ4v) is 1.56. The molecule has 0 radical (unpaired) electrons. The molecule has 1 rings (SSSR count). The van der Waals surface area contributed by atoms with Gasteiger partial charge in [0, 0.05) is 0 Å². The van der Waals surface area contributed by atoms with Gasteiger partial charge in [0.1, 0.15) is 5.75 Å². The van der Waals surface area contributed by atoms with E-state index in [1.807, 2.05) is 0 Å². The number of aryl methyl sites for hydroxylation is 2. The Hall–Kier alpha value is -1.02. The lowest BCUT2D eigenvalue weighted by Crippen LogP contribution is -2.25. The Balaban J connectivity index is 2.56. The van der Waals surface area contributed by atoms with Gasteiger partial charge in [0.25, 0.3) is 0 Å². The van der Waals surface area contributed by atoms with Gasteiger partial charge in [0.2, 0.25) is 0 Å². The largest absolute Gasteiger partial charge is 0.493 e. The summed E-state index contributed by atoms with van der Waals surface area (Å²) in [5, 5.41) is 0. The van der Waals surface area contributed by atoms with E-state index < -0.39 is 0 Å². The molecular weight excluding hydrogens is 198 g/mol. The van der Waals surface area contributed by atoms with Crippen LogP contribution in [0.15, 0.2) is 18.2 Å². The molecule has 0 saturated carbocycles. The highest BCUT2D eigenvalue weighted by Crippen LogP contribution is 2.24. The fourth-order valence-electron chi connectivity index (χ4n) is 1.56. The van der Waals surface area contributed by atoms with Gasteiger partial charge in [-0.3, -0.25) is 0 Å². The number of benzene rings is 1. The standard InChI is InChI=1S/C14H23NO/c1-11-6-5-7-12(2)13(11)16-9-8-14(3,4)10-15/h5-7H,8-10,15H2,1-4H3. The Morgan fingerprint density at radius 3 is 2.25 bits per heavy atom. The zero-order chi connectivity index (χ0) is 12.2. The summed E-state index contributed by atoms with van der Waals surface area (Å²) in [6, 6.07) is 6.22. The minimum Gasteiger partial charge on any atom is -0.493 e. The number of nitrogens with two attached hydrogens (primary N) is 1. The molecule has 0 aliphatic heterocycles. The van der Waals surface area contributed by atoms with Crippen LogP contribution in [0.3, 0.4) is 0 Å². The van der Waals surface area contributed by atoms with Crippen molar-refractivity contribution in [3.63, 3.8) is 0 Å². The van der Waals surface area contributed by atoms with E-state index in [4.69, 9.17) is 10.5 Å². The van der Waals surface area contributed by atoms with E-state index in [2.05, 4.69) is 45.9 Å². The molecule has 0 aliphatic carbocycles. The van der Waals surface area contributed by atoms with Gasteiger partial charge in [-0.05, 0) is 43.4 Å². The summed E-state index contributed by atoms with van der Waals surface area (Å²) >= 11 is 0. The van der Waals surface area contributed by atoms with Crippen LogP contribution in [-0.4, -0.2) is 13.2 Å². The van der Waals surface area contributed by atoms with Crippen molar-refractivity contribution in [3.05, 3.63) is 29.3 Å². The molecule has 0 unspecified atom stereocenters. The van der Waals surface area contributed by atoms with Gasteiger partial charge >= 0.3 is 0 Å². The maximum atomic E-state index is 5.85. The van der Waals surface area contributed by atoms with Gasteiger partial charge in [-0.1, -0.05) is 32.0 Å². The number of hydrogen-bond acceptors (Lipinski definition) is 2. The molecule has 0 aromatic heterocycles. The van der Waals surface area contributed by atoms with Crippen molar-refractivity contribution in [1.82, 2.24) is 0 Å².